The summed E-state index contributed by atoms with van der Waals surface area (Å²) in [5.74, 6) is 0. The number of hydrogen-bond acceptors (Lipinski definition) is 0. The molecule has 0 nitrogen and oxygen atoms in total. The van der Waals surface area contributed by atoms with E-state index in [-0.39, 0.29) is 0 Å². The van der Waals surface area contributed by atoms with Crippen LogP contribution in [0.4, 0.5) is 0 Å². The molecule has 0 heterocycles. The van der Waals surface area contributed by atoms with Crippen LogP contribution in [0.3, 0.4) is 0 Å². The first-order valence-corrected chi connectivity index (χ1v) is 10.2. The van der Waals surface area contributed by atoms with Gasteiger partial charge in [0.1, 0.15) is 0 Å². The van der Waals surface area contributed by atoms with Crippen LogP contribution in [0.5, 0.6) is 0 Å². The Morgan fingerprint density at radius 2 is 1.20 bits per heavy atom. The average Bonchev–Trinajstić information content (AvgIpc) is 0.722. The first-order valence-electron chi connectivity index (χ1n) is 0.535. The molecular weight excluding hydrogens is 331 g/mol. The fourth-order valence-corrected chi connectivity index (χ4v) is 0. The minimum atomic E-state index is -1.59. The van der Waals surface area contributed by atoms with E-state index in [0.717, 1.165) is 0 Å². The third-order valence-electron chi connectivity index (χ3n) is 0. The third-order valence-corrected chi connectivity index (χ3v) is 0. The molecule has 0 radical (unpaired) electrons. The summed E-state index contributed by atoms with van der Waals surface area (Å²) in [7, 11) is 5.41. The van der Waals surface area contributed by atoms with Crippen LogP contribution in [0.15, 0.2) is 0 Å². The van der Waals surface area contributed by atoms with Crippen LogP contribution in [0, 0.1) is 0 Å². The van der Waals surface area contributed by atoms with E-state index >= 15 is 0 Å². The second-order valence-electron chi connectivity index (χ2n) is 0.303. The van der Waals surface area contributed by atoms with Gasteiger partial charge in [0.25, 0.3) is 0 Å². The summed E-state index contributed by atoms with van der Waals surface area (Å²) in [5.41, 5.74) is 0. The molecule has 0 aliphatic carbocycles. The summed E-state index contributed by atoms with van der Waals surface area (Å²) < 4.78 is 0. The van der Waals surface area contributed by atoms with Gasteiger partial charge in [-0.3, -0.25) is 0 Å². The maximum absolute atomic E-state index is 5.41. The molecule has 0 aromatic rings. The van der Waals surface area contributed by atoms with Crippen molar-refractivity contribution in [1.29, 1.82) is 0 Å². The fourth-order valence-electron chi connectivity index (χ4n) is 0. The van der Waals surface area contributed by atoms with Gasteiger partial charge in [0.2, 0.25) is 0 Å². The van der Waals surface area contributed by atoms with Gasteiger partial charge < -0.3 is 0 Å². The molecular formula is Br3ClFe-. The molecule has 0 fully saturated rings. The fraction of sp³-hybridized carbons (Fsp3) is 0. The SMILES string of the molecule is [Cl][Fe-]([Br])([Br])[Br]. The Hall–Kier alpha value is 2.25. The molecule has 0 saturated carbocycles. The van der Waals surface area contributed by atoms with Crippen LogP contribution >= 0.6 is 52.4 Å². The molecule has 37 valence electrons. The topological polar surface area (TPSA) is 0 Å². The predicted molar refractivity (Wildman–Crippen MR) is 32.6 cm³/mol. The molecule has 5 heavy (non-hydrogen) atoms. The van der Waals surface area contributed by atoms with Gasteiger partial charge in [-0.05, 0) is 0 Å². The van der Waals surface area contributed by atoms with Crippen molar-refractivity contribution in [1.82, 2.24) is 0 Å². The van der Waals surface area contributed by atoms with Crippen molar-refractivity contribution in [2.45, 2.75) is 0 Å². The molecule has 0 aromatic heterocycles. The Morgan fingerprint density at radius 3 is 1.20 bits per heavy atom. The predicted octanol–water partition coefficient (Wildman–Crippen LogP) is 3.22. The monoisotopic (exact) mass is 328 g/mol. The molecule has 0 saturated heterocycles. The zero-order valence-electron chi connectivity index (χ0n) is 1.87. The van der Waals surface area contributed by atoms with Gasteiger partial charge in [-0.25, -0.2) is 0 Å². The number of hydrogen-bond donors (Lipinski definition) is 0. The Bertz CT molecular complexity index is 22.4. The summed E-state index contributed by atoms with van der Waals surface area (Å²) >= 11 is 9.30. The molecule has 0 rings (SSSR count). The van der Waals surface area contributed by atoms with E-state index in [1.165, 1.54) is 0 Å². The Morgan fingerprint density at radius 1 is 1.20 bits per heavy atom. The second kappa shape index (κ2) is 2.53. The zero-order valence-corrected chi connectivity index (χ0v) is 8.48. The van der Waals surface area contributed by atoms with E-state index in [4.69, 9.17) is 10.1 Å². The van der Waals surface area contributed by atoms with Crippen molar-refractivity contribution in [2.75, 3.05) is 0 Å². The second-order valence-corrected chi connectivity index (χ2v) is 26.6. The standard InChI is InChI=1S/3BrH.ClH.Fe/h4*1H;/q;;;;+3/p-4. The van der Waals surface area contributed by atoms with Crippen LogP contribution in [-0.2, 0) is 6.51 Å². The van der Waals surface area contributed by atoms with Crippen molar-refractivity contribution < 1.29 is 6.51 Å². The Kier molecular flexibility index (Phi) is 3.67. The Balaban J connectivity index is 3.02. The quantitative estimate of drug-likeness (QED) is 0.598. The normalized spacial score (nSPS) is 15.2. The summed E-state index contributed by atoms with van der Waals surface area (Å²) in [6.45, 7) is -1.59. The molecule has 0 spiro atoms. The van der Waals surface area contributed by atoms with Crippen LogP contribution in [-0.4, -0.2) is 0 Å². The summed E-state index contributed by atoms with van der Waals surface area (Å²) in [4.78, 5) is 0. The van der Waals surface area contributed by atoms with Crippen molar-refractivity contribution in [3.63, 3.8) is 0 Å². The number of halogens is 4. The third kappa shape index (κ3) is 22.3. The van der Waals surface area contributed by atoms with Crippen molar-refractivity contribution >= 4 is 52.4 Å². The number of rotatable bonds is 0. The van der Waals surface area contributed by atoms with Crippen LogP contribution in [0.1, 0.15) is 0 Å². The zero-order chi connectivity index (χ0) is 4.50. The maximum atomic E-state index is 5.41. The van der Waals surface area contributed by atoms with Gasteiger partial charge in [0.15, 0.2) is 0 Å². The average molecular weight is 331 g/mol. The van der Waals surface area contributed by atoms with E-state index in [9.17, 15) is 0 Å². The van der Waals surface area contributed by atoms with E-state index in [2.05, 4.69) is 42.3 Å². The molecule has 0 unspecified atom stereocenters. The van der Waals surface area contributed by atoms with Crippen LogP contribution in [0.2, 0.25) is 0 Å². The molecule has 0 atom stereocenters. The molecule has 0 aromatic carbocycles. The van der Waals surface area contributed by atoms with Gasteiger partial charge in [0, 0.05) is 0 Å². The van der Waals surface area contributed by atoms with Crippen molar-refractivity contribution in [2.24, 2.45) is 0 Å². The van der Waals surface area contributed by atoms with Crippen molar-refractivity contribution in [3.05, 3.63) is 0 Å². The van der Waals surface area contributed by atoms with Gasteiger partial charge in [-0.1, -0.05) is 0 Å². The molecule has 0 amide bonds. The van der Waals surface area contributed by atoms with Gasteiger partial charge in [-0.2, -0.15) is 0 Å². The molecule has 5 heteroatoms. The van der Waals surface area contributed by atoms with E-state index in [0.29, 0.717) is 0 Å². The summed E-state index contributed by atoms with van der Waals surface area (Å²) in [5, 5.41) is 0. The molecule has 0 bridgehead atoms. The van der Waals surface area contributed by atoms with Crippen molar-refractivity contribution in [3.8, 4) is 0 Å². The van der Waals surface area contributed by atoms with E-state index in [1.807, 2.05) is 0 Å². The summed E-state index contributed by atoms with van der Waals surface area (Å²) in [6.07, 6.45) is 0. The molecule has 0 aliphatic rings. The van der Waals surface area contributed by atoms with Gasteiger partial charge in [-0.15, -0.1) is 0 Å². The van der Waals surface area contributed by atoms with Gasteiger partial charge in [0.05, 0.1) is 0 Å². The summed E-state index contributed by atoms with van der Waals surface area (Å²) in [6, 6.07) is 0. The van der Waals surface area contributed by atoms with E-state index in [1.54, 1.807) is 0 Å². The first-order chi connectivity index (χ1) is 2.00. The van der Waals surface area contributed by atoms with Crippen LogP contribution in [0.25, 0.3) is 0 Å². The van der Waals surface area contributed by atoms with Gasteiger partial charge >= 0.3 is 58.9 Å². The molecule has 0 aliphatic heterocycles. The minimum absolute atomic E-state index is 1.59. The first kappa shape index (κ1) is 7.25. The Labute approximate surface area is 58.2 Å². The van der Waals surface area contributed by atoms with Crippen LogP contribution < -0.4 is 0 Å². The van der Waals surface area contributed by atoms with E-state index < -0.39 is 6.51 Å². The molecule has 0 N–H and O–H groups in total.